The molecular weight excluding hydrogens is 375 g/mol. The lowest BCUT2D eigenvalue weighted by Crippen LogP contribution is -2.40. The molecule has 1 atom stereocenters. The molecule has 1 fully saturated rings. The first-order chi connectivity index (χ1) is 13.7. The van der Waals surface area contributed by atoms with Crippen molar-refractivity contribution in [2.75, 3.05) is 0 Å². The minimum absolute atomic E-state index is 0.0773. The number of nitrogens with one attached hydrogen (secondary N) is 1. The van der Waals surface area contributed by atoms with Gasteiger partial charge in [-0.05, 0) is 67.3 Å². The van der Waals surface area contributed by atoms with E-state index in [4.69, 9.17) is 4.42 Å². The molecule has 0 saturated carbocycles. The van der Waals surface area contributed by atoms with Crippen LogP contribution in [0.5, 0.6) is 0 Å². The molecule has 4 rings (SSSR count). The van der Waals surface area contributed by atoms with E-state index in [0.717, 1.165) is 16.0 Å². The molecule has 2 heterocycles. The Labute approximate surface area is 165 Å². The fourth-order valence-electron chi connectivity index (χ4n) is 3.60. The standard InChI is InChI=1S/C22H19FN2O4/c1-12-8-17-14(10-19(26)29-18(17)9-13(12)2)11-25-20(27)22(3,24-21(25)28)15-4-6-16(23)7-5-15/h4-10H,11H2,1-3H3,(H,24,28). The van der Waals surface area contributed by atoms with E-state index in [1.165, 1.54) is 30.3 Å². The summed E-state index contributed by atoms with van der Waals surface area (Å²) in [4.78, 5) is 38.8. The lowest BCUT2D eigenvalue weighted by molar-refractivity contribution is -0.131. The number of fused-ring (bicyclic) bond motifs is 1. The van der Waals surface area contributed by atoms with Crippen LogP contribution in [0.25, 0.3) is 11.0 Å². The third-order valence-corrected chi connectivity index (χ3v) is 5.47. The van der Waals surface area contributed by atoms with Crippen LogP contribution in [0.15, 0.2) is 51.7 Å². The Hall–Kier alpha value is -3.48. The summed E-state index contributed by atoms with van der Waals surface area (Å²) in [5.74, 6) is -0.904. The molecule has 3 aromatic rings. The van der Waals surface area contributed by atoms with Crippen LogP contribution in [0, 0.1) is 19.7 Å². The van der Waals surface area contributed by atoms with Gasteiger partial charge in [0.25, 0.3) is 5.91 Å². The molecule has 0 radical (unpaired) electrons. The van der Waals surface area contributed by atoms with Crippen LogP contribution >= 0.6 is 0 Å². The fourth-order valence-corrected chi connectivity index (χ4v) is 3.60. The van der Waals surface area contributed by atoms with Crippen molar-refractivity contribution in [3.05, 3.63) is 81.0 Å². The zero-order valence-corrected chi connectivity index (χ0v) is 16.2. The largest absolute Gasteiger partial charge is 0.423 e. The van der Waals surface area contributed by atoms with Gasteiger partial charge in [0.15, 0.2) is 0 Å². The molecule has 0 bridgehead atoms. The number of amides is 3. The zero-order valence-electron chi connectivity index (χ0n) is 16.2. The monoisotopic (exact) mass is 394 g/mol. The summed E-state index contributed by atoms with van der Waals surface area (Å²) in [7, 11) is 0. The molecule has 0 aliphatic carbocycles. The van der Waals surface area contributed by atoms with Crippen molar-refractivity contribution in [1.82, 2.24) is 10.2 Å². The molecule has 29 heavy (non-hydrogen) atoms. The van der Waals surface area contributed by atoms with Gasteiger partial charge in [0.2, 0.25) is 0 Å². The van der Waals surface area contributed by atoms with Crippen molar-refractivity contribution in [2.45, 2.75) is 32.9 Å². The third kappa shape index (κ3) is 3.08. The predicted octanol–water partition coefficient (Wildman–Crippen LogP) is 3.52. The molecule has 1 saturated heterocycles. The Bertz CT molecular complexity index is 1220. The average molecular weight is 394 g/mol. The highest BCUT2D eigenvalue weighted by atomic mass is 19.1. The normalized spacial score (nSPS) is 19.1. The van der Waals surface area contributed by atoms with Gasteiger partial charge >= 0.3 is 11.7 Å². The SMILES string of the molecule is Cc1cc2oc(=O)cc(CN3C(=O)NC(C)(c4ccc(F)cc4)C3=O)c2cc1C. The zero-order chi connectivity index (χ0) is 20.9. The van der Waals surface area contributed by atoms with Crippen LogP contribution < -0.4 is 10.9 Å². The van der Waals surface area contributed by atoms with E-state index in [9.17, 15) is 18.8 Å². The number of benzene rings is 2. The van der Waals surface area contributed by atoms with Crippen LogP contribution in [0.4, 0.5) is 9.18 Å². The predicted molar refractivity (Wildman–Crippen MR) is 105 cm³/mol. The molecule has 6 nitrogen and oxygen atoms in total. The lowest BCUT2D eigenvalue weighted by Gasteiger charge is -2.22. The van der Waals surface area contributed by atoms with Crippen LogP contribution in [0.1, 0.15) is 29.2 Å². The van der Waals surface area contributed by atoms with Crippen molar-refractivity contribution in [2.24, 2.45) is 0 Å². The van der Waals surface area contributed by atoms with E-state index in [0.29, 0.717) is 22.1 Å². The van der Waals surface area contributed by atoms with Crippen molar-refractivity contribution in [3.63, 3.8) is 0 Å². The van der Waals surface area contributed by atoms with Crippen LogP contribution in [-0.2, 0) is 16.9 Å². The van der Waals surface area contributed by atoms with Crippen LogP contribution in [0.2, 0.25) is 0 Å². The Morgan fingerprint density at radius 3 is 2.38 bits per heavy atom. The molecule has 1 N–H and O–H groups in total. The summed E-state index contributed by atoms with van der Waals surface area (Å²) in [6, 6.07) is 9.78. The summed E-state index contributed by atoms with van der Waals surface area (Å²) < 4.78 is 18.5. The maximum Gasteiger partial charge on any atom is 0.336 e. The smallest absolute Gasteiger partial charge is 0.336 e. The maximum absolute atomic E-state index is 13.3. The van der Waals surface area contributed by atoms with Crippen molar-refractivity contribution in [1.29, 1.82) is 0 Å². The first-order valence-electron chi connectivity index (χ1n) is 9.13. The molecule has 3 amide bonds. The van der Waals surface area contributed by atoms with E-state index in [1.54, 1.807) is 13.0 Å². The molecule has 7 heteroatoms. The number of hydrogen-bond donors (Lipinski definition) is 1. The van der Waals surface area contributed by atoms with Gasteiger partial charge in [-0.15, -0.1) is 0 Å². The molecule has 1 aliphatic heterocycles. The molecule has 1 unspecified atom stereocenters. The van der Waals surface area contributed by atoms with E-state index in [1.807, 2.05) is 19.9 Å². The highest BCUT2D eigenvalue weighted by Gasteiger charge is 2.49. The number of aryl methyl sites for hydroxylation is 2. The number of halogens is 1. The number of hydrogen-bond acceptors (Lipinski definition) is 4. The van der Waals surface area contributed by atoms with Gasteiger partial charge in [-0.1, -0.05) is 12.1 Å². The summed E-state index contributed by atoms with van der Waals surface area (Å²) in [6.07, 6.45) is 0. The van der Waals surface area contributed by atoms with Gasteiger partial charge in [0, 0.05) is 11.5 Å². The van der Waals surface area contributed by atoms with E-state index >= 15 is 0 Å². The van der Waals surface area contributed by atoms with Gasteiger partial charge in [0.1, 0.15) is 16.9 Å². The average Bonchev–Trinajstić information content (AvgIpc) is 2.88. The summed E-state index contributed by atoms with van der Waals surface area (Å²) in [5, 5.41) is 3.35. The Morgan fingerprint density at radius 1 is 1.03 bits per heavy atom. The van der Waals surface area contributed by atoms with E-state index in [2.05, 4.69) is 5.32 Å². The highest BCUT2D eigenvalue weighted by Crippen LogP contribution is 2.31. The van der Waals surface area contributed by atoms with Crippen LogP contribution in [-0.4, -0.2) is 16.8 Å². The number of urea groups is 1. The van der Waals surface area contributed by atoms with Gasteiger partial charge in [-0.25, -0.2) is 14.0 Å². The summed E-state index contributed by atoms with van der Waals surface area (Å²) in [5.41, 5.74) is 1.51. The van der Waals surface area contributed by atoms with Crippen molar-refractivity contribution in [3.8, 4) is 0 Å². The Kier molecular flexibility index (Phi) is 4.26. The number of carbonyl (C=O) groups excluding carboxylic acids is 2. The second-order valence-electron chi connectivity index (χ2n) is 7.48. The summed E-state index contributed by atoms with van der Waals surface area (Å²) >= 11 is 0. The van der Waals surface area contributed by atoms with Gasteiger partial charge in [-0.2, -0.15) is 0 Å². The molecule has 2 aromatic carbocycles. The molecule has 1 aliphatic rings. The number of imide groups is 1. The number of nitrogens with zero attached hydrogens (tertiary/aromatic N) is 1. The fraction of sp³-hybridized carbons (Fsp3) is 0.227. The van der Waals surface area contributed by atoms with Gasteiger partial charge in [-0.3, -0.25) is 9.69 Å². The van der Waals surface area contributed by atoms with Crippen molar-refractivity contribution >= 4 is 22.9 Å². The first kappa shape index (κ1) is 18.9. The maximum atomic E-state index is 13.3. The third-order valence-electron chi connectivity index (χ3n) is 5.47. The van der Waals surface area contributed by atoms with Gasteiger partial charge in [0.05, 0.1) is 6.54 Å². The lowest BCUT2D eigenvalue weighted by atomic mass is 9.92. The quantitative estimate of drug-likeness (QED) is 0.545. The highest BCUT2D eigenvalue weighted by molar-refractivity contribution is 6.07. The van der Waals surface area contributed by atoms with E-state index in [-0.39, 0.29) is 6.54 Å². The minimum atomic E-state index is -1.31. The second kappa shape index (κ2) is 6.55. The number of carbonyl (C=O) groups is 2. The van der Waals surface area contributed by atoms with Gasteiger partial charge < -0.3 is 9.73 Å². The topological polar surface area (TPSA) is 79.6 Å². The number of rotatable bonds is 3. The van der Waals surface area contributed by atoms with E-state index < -0.39 is 28.9 Å². The molecule has 148 valence electrons. The Balaban J connectivity index is 1.74. The minimum Gasteiger partial charge on any atom is -0.423 e. The Morgan fingerprint density at radius 2 is 1.69 bits per heavy atom. The molecule has 1 aromatic heterocycles. The van der Waals surface area contributed by atoms with Crippen LogP contribution in [0.3, 0.4) is 0 Å². The first-order valence-corrected chi connectivity index (χ1v) is 9.13. The summed E-state index contributed by atoms with van der Waals surface area (Å²) in [6.45, 7) is 5.34. The van der Waals surface area contributed by atoms with Crippen molar-refractivity contribution < 1.29 is 18.4 Å². The molecule has 0 spiro atoms. The molecular formula is C22H19FN2O4. The second-order valence-corrected chi connectivity index (χ2v) is 7.48.